The minimum absolute atomic E-state index is 0.120. The Kier molecular flexibility index (Phi) is 35.4. The van der Waals surface area contributed by atoms with Gasteiger partial charge >= 0.3 is 0 Å². The van der Waals surface area contributed by atoms with Crippen LogP contribution in [-0.4, -0.2) is 112 Å². The molecule has 0 radical (unpaired) electrons. The third kappa shape index (κ3) is 27.2. The quantitative estimate of drug-likeness (QED) is 0.0238. The zero-order chi connectivity index (χ0) is 94.4. The van der Waals surface area contributed by atoms with Gasteiger partial charge in [-0.05, 0) is 237 Å². The Balaban J connectivity index is 0.000000152. The van der Waals surface area contributed by atoms with Gasteiger partial charge in [0.25, 0.3) is 41.4 Å². The standard InChI is InChI=1S/C27H22Cl2N4O2.C27H21Cl2N3O3.C27H21Cl2N3O2.C23H22Cl2N4O/c28-23-12-10-20(17-22(23)25-8-4-5-13-31-25)33-27(35)21-11-9-18(16-24(21)29)26(34)32-15-14-30-19-6-2-1-3-7-19;28-22-12-10-19(15-21(22)24-8-4-5-13-30-24)31-27(35)20-11-9-18(14-23(20)29)26(34)32-25(16-33)17-6-2-1-3-7-17;1-17(18-7-3-2-4-8-18)31-26(33)19-10-12-21(24(29)15-19)27(34)32-20-11-13-23(28)22(16-20)25-9-5-6-14-30-25;24-20-8-5-16(14-19(20)22-4-1-2-10-27-22)28-23(30)18-7-6-17(15-21(18)25)29-12-3-9-26-11-13-29/h1-13,16-17,30H,14-15H2,(H,32,34)(H,33,35);1-15,25,33H,16H2,(H,31,35)(H,32,34);2-17H,1H3,(H,31,33)(H,32,34);1-2,4-8,10,14-15,26H,3,9,11-13H2,(H,28,30)/t;25-;;/m.1../s1. The lowest BCUT2D eigenvalue weighted by molar-refractivity contribution is 0.0912. The summed E-state index contributed by atoms with van der Waals surface area (Å²) in [5.74, 6) is -2.46. The SMILES string of the molecule is CC(NC(=O)c1ccc(C(=O)Nc2ccc(Cl)c(-c3ccccn3)c2)c(Cl)c1)c1ccccc1.O=C(NCCNc1ccccc1)c1ccc(C(=O)Nc2ccc(Cl)c(-c3ccccn3)c2)c(Cl)c1.O=C(N[C@H](CO)c1ccccc1)c1ccc(C(=O)Nc2ccc(Cl)c(-c3ccccn3)c2)c(Cl)c1.O=C(Nc1ccc(Cl)c(-c2ccccn2)c1)c1ccc(N2CCCNCC2)cc1Cl. The largest absolute Gasteiger partial charge is 0.394 e. The summed E-state index contributed by atoms with van der Waals surface area (Å²) < 4.78 is 0. The van der Waals surface area contributed by atoms with E-state index in [1.54, 1.807) is 116 Å². The van der Waals surface area contributed by atoms with Crippen molar-refractivity contribution >= 4 is 168 Å². The van der Waals surface area contributed by atoms with Crippen molar-refractivity contribution in [3.8, 4) is 45.0 Å². The van der Waals surface area contributed by atoms with Crippen molar-refractivity contribution in [1.29, 1.82) is 0 Å². The Hall–Kier alpha value is -13.9. The van der Waals surface area contributed by atoms with Gasteiger partial charge in [0.2, 0.25) is 0 Å². The van der Waals surface area contributed by atoms with Gasteiger partial charge in [-0.1, -0.05) is 196 Å². The molecule has 15 aromatic rings. The first-order valence-electron chi connectivity index (χ1n) is 42.1. The van der Waals surface area contributed by atoms with Crippen LogP contribution in [0.5, 0.6) is 0 Å². The topological polar surface area (TPSA) is 303 Å². The molecule has 1 saturated heterocycles. The van der Waals surface area contributed by atoms with Crippen LogP contribution in [0, 0.1) is 0 Å². The second kappa shape index (κ2) is 48.5. The second-order valence-corrected chi connectivity index (χ2v) is 33.3. The normalized spacial score (nSPS) is 11.9. The van der Waals surface area contributed by atoms with Crippen molar-refractivity contribution in [2.75, 3.05) is 77.4 Å². The van der Waals surface area contributed by atoms with E-state index < -0.39 is 29.7 Å². The Bertz CT molecular complexity index is 6630. The summed E-state index contributed by atoms with van der Waals surface area (Å²) in [4.78, 5) is 109. The molecule has 7 amide bonds. The minimum Gasteiger partial charge on any atom is -0.394 e. The Morgan fingerprint density at radius 2 is 0.687 bits per heavy atom. The first-order chi connectivity index (χ1) is 65.0. The number of benzene rings is 11. The highest BCUT2D eigenvalue weighted by atomic mass is 35.5. The van der Waals surface area contributed by atoms with Crippen LogP contribution in [0.1, 0.15) is 109 Å². The molecule has 16 rings (SSSR count). The van der Waals surface area contributed by atoms with E-state index in [0.717, 1.165) is 66.4 Å². The molecule has 30 heteroatoms. The molecule has 0 bridgehead atoms. The van der Waals surface area contributed by atoms with E-state index in [1.807, 2.05) is 183 Å². The number of rotatable bonds is 25. The third-order valence-corrected chi connectivity index (χ3v) is 23.4. The van der Waals surface area contributed by atoms with E-state index in [-0.39, 0.29) is 67.7 Å². The lowest BCUT2D eigenvalue weighted by Crippen LogP contribution is -2.30. The molecule has 11 aromatic carbocycles. The molecular formula is C104H86Cl8N14O8. The molecule has 1 aliphatic heterocycles. The summed E-state index contributed by atoms with van der Waals surface area (Å²) in [6.45, 7) is 6.50. The number of amides is 7. The number of halogens is 8. The summed E-state index contributed by atoms with van der Waals surface area (Å²) in [5, 5.41) is 39.2. The van der Waals surface area contributed by atoms with Crippen LogP contribution in [0.2, 0.25) is 40.2 Å². The van der Waals surface area contributed by atoms with Crippen molar-refractivity contribution in [1.82, 2.24) is 41.2 Å². The van der Waals surface area contributed by atoms with Gasteiger partial charge in [0.05, 0.1) is 104 Å². The average Bonchev–Trinajstić information content (AvgIpc) is 0.959. The zero-order valence-electron chi connectivity index (χ0n) is 71.6. The first-order valence-corrected chi connectivity index (χ1v) is 45.2. The summed E-state index contributed by atoms with van der Waals surface area (Å²) >= 11 is 50.8. The molecular weight excluding hydrogens is 1860 g/mol. The van der Waals surface area contributed by atoms with Gasteiger partial charge in [0, 0.05) is 131 Å². The van der Waals surface area contributed by atoms with Crippen LogP contribution in [-0.2, 0) is 0 Å². The lowest BCUT2D eigenvalue weighted by Gasteiger charge is -2.23. The van der Waals surface area contributed by atoms with Gasteiger partial charge in [-0.2, -0.15) is 0 Å². The molecule has 0 aliphatic carbocycles. The molecule has 134 heavy (non-hydrogen) atoms. The van der Waals surface area contributed by atoms with Crippen molar-refractivity contribution in [2.45, 2.75) is 25.4 Å². The number of anilines is 6. The Labute approximate surface area is 814 Å². The maximum atomic E-state index is 12.9. The van der Waals surface area contributed by atoms with Crippen LogP contribution < -0.4 is 52.8 Å². The maximum Gasteiger partial charge on any atom is 0.257 e. The number of carbonyl (C=O) groups is 7. The summed E-state index contributed by atoms with van der Waals surface area (Å²) in [6, 6.07) is 89.8. The molecule has 10 N–H and O–H groups in total. The molecule has 5 heterocycles. The number of carbonyl (C=O) groups excluding carboxylic acids is 7. The second-order valence-electron chi connectivity index (χ2n) is 30.1. The molecule has 1 aliphatic rings. The number of aliphatic hydroxyl groups excluding tert-OH is 1. The van der Waals surface area contributed by atoms with Gasteiger partial charge in [0.15, 0.2) is 0 Å². The van der Waals surface area contributed by atoms with Crippen LogP contribution >= 0.6 is 92.8 Å². The number of pyridine rings is 4. The highest BCUT2D eigenvalue weighted by Gasteiger charge is 2.24. The highest BCUT2D eigenvalue weighted by Crippen LogP contribution is 2.36. The van der Waals surface area contributed by atoms with Crippen LogP contribution in [0.4, 0.5) is 34.1 Å². The predicted molar refractivity (Wildman–Crippen MR) is 539 cm³/mol. The number of nitrogens with zero attached hydrogens (tertiary/aromatic N) is 5. The number of nitrogens with one attached hydrogen (secondary N) is 9. The van der Waals surface area contributed by atoms with Crippen LogP contribution in [0.3, 0.4) is 0 Å². The summed E-state index contributed by atoms with van der Waals surface area (Å²) in [6.07, 6.45) is 7.80. The van der Waals surface area contributed by atoms with Crippen molar-refractivity contribution in [3.05, 3.63) is 424 Å². The number of hydrogen-bond acceptors (Lipinski definition) is 15. The molecule has 0 saturated carbocycles. The molecule has 0 spiro atoms. The number of aliphatic hydroxyl groups is 1. The van der Waals surface area contributed by atoms with Crippen molar-refractivity contribution in [2.24, 2.45) is 0 Å². The summed E-state index contributed by atoms with van der Waals surface area (Å²) in [7, 11) is 0. The first kappa shape index (κ1) is 97.7. The number of para-hydroxylation sites is 1. The number of aromatic nitrogens is 4. The average molecular weight is 1940 g/mol. The van der Waals surface area contributed by atoms with Gasteiger partial charge in [-0.15, -0.1) is 0 Å². The third-order valence-electron chi connectivity index (χ3n) is 20.8. The lowest BCUT2D eigenvalue weighted by atomic mass is 10.1. The fourth-order valence-corrected chi connectivity index (χ4v) is 15.8. The molecule has 676 valence electrons. The van der Waals surface area contributed by atoms with Gasteiger partial charge in [-0.25, -0.2) is 0 Å². The van der Waals surface area contributed by atoms with E-state index in [2.05, 4.69) is 72.7 Å². The highest BCUT2D eigenvalue weighted by molar-refractivity contribution is 6.38. The van der Waals surface area contributed by atoms with Crippen LogP contribution in [0.15, 0.2) is 334 Å². The fraction of sp³-hybridized carbons (Fsp3) is 0.106. The monoisotopic (exact) mass is 1940 g/mol. The summed E-state index contributed by atoms with van der Waals surface area (Å²) in [5.41, 5.74) is 13.8. The van der Waals surface area contributed by atoms with E-state index in [0.29, 0.717) is 111 Å². The van der Waals surface area contributed by atoms with E-state index in [1.165, 1.54) is 42.5 Å². The fourth-order valence-electron chi connectivity index (χ4n) is 13.9. The molecule has 2 atom stereocenters. The van der Waals surface area contributed by atoms with E-state index in [4.69, 9.17) is 92.8 Å². The van der Waals surface area contributed by atoms with E-state index in [9.17, 15) is 38.7 Å². The van der Waals surface area contributed by atoms with E-state index >= 15 is 0 Å². The molecule has 1 unspecified atom stereocenters. The van der Waals surface area contributed by atoms with Crippen molar-refractivity contribution in [3.63, 3.8) is 0 Å². The van der Waals surface area contributed by atoms with Crippen LogP contribution in [0.25, 0.3) is 45.0 Å². The zero-order valence-corrected chi connectivity index (χ0v) is 77.7. The number of hydrogen-bond donors (Lipinski definition) is 10. The predicted octanol–water partition coefficient (Wildman–Crippen LogP) is 23.8. The Morgan fingerprint density at radius 3 is 1.05 bits per heavy atom. The molecule has 22 nitrogen and oxygen atoms in total. The minimum atomic E-state index is -0.566. The van der Waals surface area contributed by atoms with Crippen molar-refractivity contribution < 1.29 is 38.7 Å². The molecule has 1 fully saturated rings. The van der Waals surface area contributed by atoms with Gasteiger partial charge in [0.1, 0.15) is 0 Å². The Morgan fingerprint density at radius 1 is 0.336 bits per heavy atom. The van der Waals surface area contributed by atoms with Gasteiger partial charge in [-0.3, -0.25) is 53.5 Å². The maximum absolute atomic E-state index is 12.9. The molecule has 4 aromatic heterocycles. The smallest absolute Gasteiger partial charge is 0.257 e. The van der Waals surface area contributed by atoms with Gasteiger partial charge < -0.3 is 57.9 Å².